The van der Waals surface area contributed by atoms with E-state index < -0.39 is 18.3 Å². The molecule has 1 aliphatic carbocycles. The summed E-state index contributed by atoms with van der Waals surface area (Å²) in [6, 6.07) is 0. The molecule has 5 nitrogen and oxygen atoms in total. The molecule has 92 valence electrons. The molecule has 0 spiro atoms. The minimum absolute atomic E-state index is 0.0220. The summed E-state index contributed by atoms with van der Waals surface area (Å²) in [7, 11) is 4.02. The average Bonchev–Trinajstić information content (AvgIpc) is 2.63. The second-order valence-electron chi connectivity index (χ2n) is 4.67. The van der Waals surface area contributed by atoms with Crippen LogP contribution in [0.15, 0.2) is 0 Å². The van der Waals surface area contributed by atoms with E-state index in [-0.39, 0.29) is 5.54 Å². The van der Waals surface area contributed by atoms with Crippen LogP contribution in [0.5, 0.6) is 0 Å². The van der Waals surface area contributed by atoms with Gasteiger partial charge in [0.1, 0.15) is 6.42 Å². The Hall–Kier alpha value is -1.10. The second-order valence-corrected chi connectivity index (χ2v) is 4.67. The molecule has 0 bridgehead atoms. The molecule has 1 aliphatic rings. The van der Waals surface area contributed by atoms with Crippen LogP contribution >= 0.6 is 0 Å². The van der Waals surface area contributed by atoms with Crippen molar-refractivity contribution in [1.82, 2.24) is 10.2 Å². The van der Waals surface area contributed by atoms with Gasteiger partial charge in [0.2, 0.25) is 5.91 Å². The summed E-state index contributed by atoms with van der Waals surface area (Å²) in [5.74, 6) is -1.48. The molecule has 0 aromatic rings. The number of carboxylic acids is 1. The lowest BCUT2D eigenvalue weighted by Gasteiger charge is -2.36. The molecule has 16 heavy (non-hydrogen) atoms. The number of carboxylic acid groups (broad SMARTS) is 1. The SMILES string of the molecule is CN(C)C1(CNC(=O)CC(=O)O)CCCC1. The summed E-state index contributed by atoms with van der Waals surface area (Å²) >= 11 is 0. The summed E-state index contributed by atoms with van der Waals surface area (Å²) < 4.78 is 0. The van der Waals surface area contributed by atoms with Crippen LogP contribution in [0.3, 0.4) is 0 Å². The summed E-state index contributed by atoms with van der Waals surface area (Å²) in [5, 5.41) is 11.2. The Morgan fingerprint density at radius 3 is 2.31 bits per heavy atom. The first-order valence-corrected chi connectivity index (χ1v) is 5.62. The third-order valence-electron chi connectivity index (χ3n) is 3.41. The van der Waals surface area contributed by atoms with Gasteiger partial charge in [0.25, 0.3) is 0 Å². The number of hydrogen-bond acceptors (Lipinski definition) is 3. The van der Waals surface area contributed by atoms with Crippen molar-refractivity contribution in [2.75, 3.05) is 20.6 Å². The number of aliphatic carboxylic acids is 1. The quantitative estimate of drug-likeness (QED) is 0.670. The Balaban J connectivity index is 2.45. The first-order valence-electron chi connectivity index (χ1n) is 5.62. The summed E-state index contributed by atoms with van der Waals surface area (Å²) in [5.41, 5.74) is 0.0220. The molecule has 1 fully saturated rings. The van der Waals surface area contributed by atoms with Gasteiger partial charge in [-0.05, 0) is 26.9 Å². The maximum Gasteiger partial charge on any atom is 0.312 e. The molecule has 0 saturated heterocycles. The highest BCUT2D eigenvalue weighted by Crippen LogP contribution is 2.32. The van der Waals surface area contributed by atoms with E-state index in [2.05, 4.69) is 10.2 Å². The normalized spacial score (nSPS) is 18.7. The van der Waals surface area contributed by atoms with Gasteiger partial charge in [0.15, 0.2) is 0 Å². The fourth-order valence-corrected chi connectivity index (χ4v) is 2.28. The van der Waals surface area contributed by atoms with Crippen LogP contribution in [0.1, 0.15) is 32.1 Å². The Kier molecular flexibility index (Phi) is 4.29. The van der Waals surface area contributed by atoms with Crippen molar-refractivity contribution >= 4 is 11.9 Å². The highest BCUT2D eigenvalue weighted by molar-refractivity contribution is 5.93. The van der Waals surface area contributed by atoms with Crippen LogP contribution < -0.4 is 5.32 Å². The number of likely N-dealkylation sites (N-methyl/N-ethyl adjacent to an activating group) is 1. The van der Waals surface area contributed by atoms with E-state index in [9.17, 15) is 9.59 Å². The molecular weight excluding hydrogens is 208 g/mol. The first kappa shape index (κ1) is 13.0. The van der Waals surface area contributed by atoms with Gasteiger partial charge < -0.3 is 15.3 Å². The molecule has 1 saturated carbocycles. The van der Waals surface area contributed by atoms with Crippen molar-refractivity contribution in [3.8, 4) is 0 Å². The highest BCUT2D eigenvalue weighted by Gasteiger charge is 2.36. The number of nitrogens with one attached hydrogen (secondary N) is 1. The smallest absolute Gasteiger partial charge is 0.312 e. The fourth-order valence-electron chi connectivity index (χ4n) is 2.28. The van der Waals surface area contributed by atoms with Crippen molar-refractivity contribution in [3.63, 3.8) is 0 Å². The number of amides is 1. The number of rotatable bonds is 5. The van der Waals surface area contributed by atoms with Gasteiger partial charge >= 0.3 is 5.97 Å². The molecule has 0 aliphatic heterocycles. The standard InChI is InChI=1S/C11H20N2O3/c1-13(2)11(5-3-4-6-11)8-12-9(14)7-10(15)16/h3-8H2,1-2H3,(H,12,14)(H,15,16). The summed E-state index contributed by atoms with van der Waals surface area (Å²) in [6.07, 6.45) is 4.03. The lowest BCUT2D eigenvalue weighted by atomic mass is 9.96. The van der Waals surface area contributed by atoms with Gasteiger partial charge in [0.05, 0.1) is 0 Å². The minimum Gasteiger partial charge on any atom is -0.481 e. The molecule has 0 aromatic heterocycles. The van der Waals surface area contributed by atoms with Gasteiger partial charge in [-0.3, -0.25) is 9.59 Å². The van der Waals surface area contributed by atoms with E-state index in [1.54, 1.807) is 0 Å². The monoisotopic (exact) mass is 228 g/mol. The van der Waals surface area contributed by atoms with Crippen molar-refractivity contribution in [1.29, 1.82) is 0 Å². The zero-order valence-corrected chi connectivity index (χ0v) is 9.95. The Bertz CT molecular complexity index is 270. The van der Waals surface area contributed by atoms with Gasteiger partial charge in [-0.15, -0.1) is 0 Å². The lowest BCUT2D eigenvalue weighted by molar-refractivity contribution is -0.140. The van der Waals surface area contributed by atoms with Crippen LogP contribution in [-0.4, -0.2) is 48.1 Å². The molecule has 1 rings (SSSR count). The maximum atomic E-state index is 11.3. The Morgan fingerprint density at radius 1 is 1.31 bits per heavy atom. The number of carbonyl (C=O) groups is 2. The van der Waals surface area contributed by atoms with E-state index in [0.29, 0.717) is 6.54 Å². The molecule has 0 radical (unpaired) electrons. The molecule has 0 heterocycles. The van der Waals surface area contributed by atoms with Gasteiger partial charge in [0, 0.05) is 12.1 Å². The van der Waals surface area contributed by atoms with E-state index in [1.807, 2.05) is 14.1 Å². The lowest BCUT2D eigenvalue weighted by Crippen LogP contribution is -2.51. The van der Waals surface area contributed by atoms with Crippen LogP contribution in [0, 0.1) is 0 Å². The topological polar surface area (TPSA) is 69.6 Å². The van der Waals surface area contributed by atoms with Gasteiger partial charge in [-0.25, -0.2) is 0 Å². The van der Waals surface area contributed by atoms with E-state index in [4.69, 9.17) is 5.11 Å². The Labute approximate surface area is 95.8 Å². The van der Waals surface area contributed by atoms with E-state index in [0.717, 1.165) is 12.8 Å². The van der Waals surface area contributed by atoms with Crippen LogP contribution in [0.4, 0.5) is 0 Å². The number of carbonyl (C=O) groups excluding carboxylic acids is 1. The van der Waals surface area contributed by atoms with Crippen molar-refractivity contribution in [2.45, 2.75) is 37.6 Å². The molecule has 2 N–H and O–H groups in total. The van der Waals surface area contributed by atoms with E-state index in [1.165, 1.54) is 12.8 Å². The molecule has 1 amide bonds. The minimum atomic E-state index is -1.08. The zero-order valence-electron chi connectivity index (χ0n) is 9.95. The predicted molar refractivity (Wildman–Crippen MR) is 60.1 cm³/mol. The zero-order chi connectivity index (χ0) is 12.2. The van der Waals surface area contributed by atoms with E-state index >= 15 is 0 Å². The largest absolute Gasteiger partial charge is 0.481 e. The molecular formula is C11H20N2O3. The average molecular weight is 228 g/mol. The Morgan fingerprint density at radius 2 is 1.88 bits per heavy atom. The number of nitrogens with zero attached hydrogens (tertiary/aromatic N) is 1. The van der Waals surface area contributed by atoms with Crippen molar-refractivity contribution in [2.24, 2.45) is 0 Å². The van der Waals surface area contributed by atoms with Gasteiger partial charge in [-0.1, -0.05) is 12.8 Å². The summed E-state index contributed by atoms with van der Waals surface area (Å²) in [6.45, 7) is 0.548. The first-order chi connectivity index (χ1) is 7.46. The predicted octanol–water partition coefficient (Wildman–Crippen LogP) is 0.452. The third-order valence-corrected chi connectivity index (χ3v) is 3.41. The molecule has 0 atom stereocenters. The van der Waals surface area contributed by atoms with Crippen LogP contribution in [0.25, 0.3) is 0 Å². The second kappa shape index (κ2) is 5.30. The van der Waals surface area contributed by atoms with Crippen LogP contribution in [-0.2, 0) is 9.59 Å². The fraction of sp³-hybridized carbons (Fsp3) is 0.818. The molecule has 0 unspecified atom stereocenters. The summed E-state index contributed by atoms with van der Waals surface area (Å²) in [4.78, 5) is 23.8. The third kappa shape index (κ3) is 3.20. The van der Waals surface area contributed by atoms with Crippen molar-refractivity contribution < 1.29 is 14.7 Å². The number of hydrogen-bond donors (Lipinski definition) is 2. The highest BCUT2D eigenvalue weighted by atomic mass is 16.4. The van der Waals surface area contributed by atoms with Gasteiger partial charge in [-0.2, -0.15) is 0 Å². The maximum absolute atomic E-state index is 11.3. The van der Waals surface area contributed by atoms with Crippen LogP contribution in [0.2, 0.25) is 0 Å². The molecule has 5 heteroatoms. The molecule has 0 aromatic carbocycles. The van der Waals surface area contributed by atoms with Crippen molar-refractivity contribution in [3.05, 3.63) is 0 Å².